The Morgan fingerprint density at radius 1 is 1.22 bits per heavy atom. The van der Waals surface area contributed by atoms with Crippen LogP contribution < -0.4 is 9.47 Å². The van der Waals surface area contributed by atoms with Gasteiger partial charge in [-0.1, -0.05) is 6.07 Å². The van der Waals surface area contributed by atoms with E-state index in [1.807, 2.05) is 10.8 Å². The molecule has 1 aromatic carbocycles. The highest BCUT2D eigenvalue weighted by Crippen LogP contribution is 2.43. The molecule has 0 aliphatic carbocycles. The predicted molar refractivity (Wildman–Crippen MR) is 119 cm³/mol. The molecule has 0 fully saturated rings. The van der Waals surface area contributed by atoms with Gasteiger partial charge in [-0.15, -0.1) is 11.3 Å². The van der Waals surface area contributed by atoms with Crippen molar-refractivity contribution in [3.63, 3.8) is 0 Å². The van der Waals surface area contributed by atoms with Gasteiger partial charge in [0.1, 0.15) is 11.5 Å². The van der Waals surface area contributed by atoms with Crippen LogP contribution in [0.15, 0.2) is 65.8 Å². The van der Waals surface area contributed by atoms with Crippen LogP contribution in [0.1, 0.15) is 27.7 Å². The first-order valence-electron chi connectivity index (χ1n) is 10.0. The molecular weight excluding hydrogens is 430 g/mol. The van der Waals surface area contributed by atoms with Gasteiger partial charge in [0.15, 0.2) is 5.76 Å². The molecule has 3 aromatic rings. The number of hydrogen-bond donors (Lipinski definition) is 1. The number of aliphatic hydroxyl groups excluding tert-OH is 1. The number of hydrogen-bond acceptors (Lipinski definition) is 7. The van der Waals surface area contributed by atoms with Crippen LogP contribution in [0.2, 0.25) is 0 Å². The standard InChI is InChI=1S/C23H23N3O5S/c1-30-15-6-7-16(17(13-15)31-2)20-19(21(27)18-5-3-12-32-18)22(28)23(29)26(20)10-4-9-25-11-8-24-14-25/h3,5-8,11-14,20,28H,4,9-10H2,1-2H3/t20-/m1/s1. The number of carbonyl (C=O) groups excluding carboxylic acids is 2. The van der Waals surface area contributed by atoms with Gasteiger partial charge in [-0.05, 0) is 30.0 Å². The average Bonchev–Trinajstić information content (AvgIpc) is 3.57. The number of ketones is 1. The molecule has 0 spiro atoms. The molecule has 0 bridgehead atoms. The normalized spacial score (nSPS) is 16.0. The Kier molecular flexibility index (Phi) is 6.27. The number of imidazole rings is 1. The predicted octanol–water partition coefficient (Wildman–Crippen LogP) is 3.63. The van der Waals surface area contributed by atoms with Crippen molar-refractivity contribution in [3.05, 3.63) is 76.2 Å². The highest BCUT2D eigenvalue weighted by Gasteiger charge is 2.44. The van der Waals surface area contributed by atoms with Crippen LogP contribution in [0.5, 0.6) is 11.5 Å². The van der Waals surface area contributed by atoms with E-state index in [-0.39, 0.29) is 11.4 Å². The van der Waals surface area contributed by atoms with Crippen molar-refractivity contribution in [2.75, 3.05) is 20.8 Å². The van der Waals surface area contributed by atoms with E-state index in [1.165, 1.54) is 23.3 Å². The second kappa shape index (κ2) is 9.27. The summed E-state index contributed by atoms with van der Waals surface area (Å²) in [7, 11) is 3.07. The third-order valence-electron chi connectivity index (χ3n) is 5.40. The first-order valence-corrected chi connectivity index (χ1v) is 10.9. The lowest BCUT2D eigenvalue weighted by Gasteiger charge is -2.28. The van der Waals surface area contributed by atoms with Gasteiger partial charge in [0.25, 0.3) is 5.91 Å². The van der Waals surface area contributed by atoms with E-state index in [4.69, 9.17) is 9.47 Å². The molecule has 1 amide bonds. The van der Waals surface area contributed by atoms with Gasteiger partial charge in [0.2, 0.25) is 5.78 Å². The minimum absolute atomic E-state index is 0.0588. The van der Waals surface area contributed by atoms with E-state index in [0.717, 1.165) is 0 Å². The van der Waals surface area contributed by atoms with E-state index < -0.39 is 17.7 Å². The number of carbonyl (C=O) groups is 2. The highest BCUT2D eigenvalue weighted by atomic mass is 32.1. The van der Waals surface area contributed by atoms with E-state index in [0.29, 0.717) is 41.4 Å². The van der Waals surface area contributed by atoms with Crippen molar-refractivity contribution < 1.29 is 24.2 Å². The molecule has 3 heterocycles. The second-order valence-corrected chi connectivity index (χ2v) is 8.18. The third kappa shape index (κ3) is 3.99. The zero-order valence-electron chi connectivity index (χ0n) is 17.7. The number of thiophene rings is 1. The third-order valence-corrected chi connectivity index (χ3v) is 6.27. The fourth-order valence-electron chi connectivity index (χ4n) is 3.87. The summed E-state index contributed by atoms with van der Waals surface area (Å²) in [6.07, 6.45) is 5.86. The van der Waals surface area contributed by atoms with Crippen LogP contribution >= 0.6 is 11.3 Å². The lowest BCUT2D eigenvalue weighted by molar-refractivity contribution is -0.129. The molecule has 1 N–H and O–H groups in total. The monoisotopic (exact) mass is 453 g/mol. The second-order valence-electron chi connectivity index (χ2n) is 7.23. The van der Waals surface area contributed by atoms with Crippen LogP contribution in [0.3, 0.4) is 0 Å². The lowest BCUT2D eigenvalue weighted by atomic mass is 9.94. The molecule has 4 rings (SSSR count). The molecule has 1 atom stereocenters. The molecule has 9 heteroatoms. The van der Waals surface area contributed by atoms with Crippen molar-refractivity contribution in [1.29, 1.82) is 0 Å². The summed E-state index contributed by atoms with van der Waals surface area (Å²) in [4.78, 5) is 32.4. The minimum Gasteiger partial charge on any atom is -0.503 e. The minimum atomic E-state index is -0.777. The van der Waals surface area contributed by atoms with Crippen LogP contribution in [0, 0.1) is 0 Å². The Bertz CT molecular complexity index is 1140. The van der Waals surface area contributed by atoms with Gasteiger partial charge in [-0.3, -0.25) is 9.59 Å². The molecule has 2 aromatic heterocycles. The number of rotatable bonds is 9. The number of Topliss-reactive ketones (excluding diaryl/α,β-unsaturated/α-hetero) is 1. The van der Waals surface area contributed by atoms with Gasteiger partial charge in [0, 0.05) is 37.1 Å². The van der Waals surface area contributed by atoms with E-state index in [2.05, 4.69) is 4.98 Å². The van der Waals surface area contributed by atoms with E-state index in [9.17, 15) is 14.7 Å². The largest absolute Gasteiger partial charge is 0.503 e. The summed E-state index contributed by atoms with van der Waals surface area (Å²) in [5.74, 6) is -0.410. The van der Waals surface area contributed by atoms with Crippen molar-refractivity contribution in [3.8, 4) is 11.5 Å². The molecule has 8 nitrogen and oxygen atoms in total. The smallest absolute Gasteiger partial charge is 0.290 e. The number of benzene rings is 1. The van der Waals surface area contributed by atoms with Crippen molar-refractivity contribution in [2.24, 2.45) is 0 Å². The summed E-state index contributed by atoms with van der Waals surface area (Å²) in [5.41, 5.74) is 0.664. The first kappa shape index (κ1) is 21.6. The van der Waals surface area contributed by atoms with Gasteiger partial charge in [0.05, 0.1) is 37.0 Å². The molecule has 32 heavy (non-hydrogen) atoms. The maximum absolute atomic E-state index is 13.3. The average molecular weight is 454 g/mol. The first-order chi connectivity index (χ1) is 15.5. The SMILES string of the molecule is COc1ccc([C@@H]2C(C(=O)c3cccs3)=C(O)C(=O)N2CCCn2ccnc2)c(OC)c1. The number of aryl methyl sites for hydroxylation is 1. The van der Waals surface area contributed by atoms with Crippen molar-refractivity contribution in [2.45, 2.75) is 19.0 Å². The zero-order chi connectivity index (χ0) is 22.7. The Hall–Kier alpha value is -3.59. The fourth-order valence-corrected chi connectivity index (χ4v) is 4.54. The molecular formula is C23H23N3O5S. The Balaban J connectivity index is 1.73. The Labute approximate surface area is 189 Å². The fraction of sp³-hybridized carbons (Fsp3) is 0.261. The van der Waals surface area contributed by atoms with Crippen LogP contribution in [0.25, 0.3) is 0 Å². The summed E-state index contributed by atoms with van der Waals surface area (Å²) >= 11 is 1.27. The Morgan fingerprint density at radius 2 is 2.06 bits per heavy atom. The number of methoxy groups -OCH3 is 2. The van der Waals surface area contributed by atoms with E-state index >= 15 is 0 Å². The quantitative estimate of drug-likeness (QED) is 0.497. The Morgan fingerprint density at radius 3 is 2.72 bits per heavy atom. The highest BCUT2D eigenvalue weighted by molar-refractivity contribution is 7.12. The van der Waals surface area contributed by atoms with Crippen LogP contribution in [0.4, 0.5) is 0 Å². The molecule has 1 aliphatic heterocycles. The van der Waals surface area contributed by atoms with Gasteiger partial charge in [-0.2, -0.15) is 0 Å². The molecule has 0 saturated carbocycles. The van der Waals surface area contributed by atoms with Gasteiger partial charge >= 0.3 is 0 Å². The summed E-state index contributed by atoms with van der Waals surface area (Å²) in [6.45, 7) is 0.980. The number of aromatic nitrogens is 2. The van der Waals surface area contributed by atoms with Gasteiger partial charge in [-0.25, -0.2) is 4.98 Å². The zero-order valence-corrected chi connectivity index (χ0v) is 18.5. The van der Waals surface area contributed by atoms with Gasteiger partial charge < -0.3 is 24.0 Å². The van der Waals surface area contributed by atoms with Crippen molar-refractivity contribution >= 4 is 23.0 Å². The van der Waals surface area contributed by atoms with Crippen LogP contribution in [-0.2, 0) is 11.3 Å². The summed E-state index contributed by atoms with van der Waals surface area (Å²) < 4.78 is 12.8. The number of amides is 1. The molecule has 0 saturated heterocycles. The molecule has 166 valence electrons. The molecule has 0 unspecified atom stereocenters. The summed E-state index contributed by atoms with van der Waals surface area (Å²) in [5, 5.41) is 12.6. The number of ether oxygens (including phenoxy) is 2. The molecule has 0 radical (unpaired) electrons. The number of nitrogens with zero attached hydrogens (tertiary/aromatic N) is 3. The topological polar surface area (TPSA) is 93.9 Å². The van der Waals surface area contributed by atoms with Crippen molar-refractivity contribution in [1.82, 2.24) is 14.5 Å². The maximum atomic E-state index is 13.3. The molecule has 1 aliphatic rings. The summed E-state index contributed by atoms with van der Waals surface area (Å²) in [6, 6.07) is 7.88. The lowest BCUT2D eigenvalue weighted by Crippen LogP contribution is -2.32. The van der Waals surface area contributed by atoms with E-state index in [1.54, 1.807) is 55.3 Å². The van der Waals surface area contributed by atoms with Crippen LogP contribution in [-0.4, -0.2) is 52.0 Å². The number of aliphatic hydroxyl groups is 1. The maximum Gasteiger partial charge on any atom is 0.290 e.